The lowest BCUT2D eigenvalue weighted by molar-refractivity contribution is -0.122. The maximum Gasteiger partial charge on any atom is 0.244 e. The first-order valence-corrected chi connectivity index (χ1v) is 10.1. The number of rotatable bonds is 6. The molecule has 0 aliphatic heterocycles. The molecule has 0 spiro atoms. The Kier molecular flexibility index (Phi) is 6.02. The number of halogens is 1. The van der Waals surface area contributed by atoms with Crippen LogP contribution in [-0.2, 0) is 14.8 Å². The van der Waals surface area contributed by atoms with Crippen molar-refractivity contribution in [1.82, 2.24) is 5.32 Å². The van der Waals surface area contributed by atoms with Gasteiger partial charge in [-0.2, -0.15) is 0 Å². The first-order valence-electron chi connectivity index (χ1n) is 8.21. The Balaban J connectivity index is 2.23. The molecule has 2 aromatic carbocycles. The van der Waals surface area contributed by atoms with Crippen LogP contribution in [0.2, 0.25) is 0 Å². The predicted molar refractivity (Wildman–Crippen MR) is 101 cm³/mol. The van der Waals surface area contributed by atoms with Gasteiger partial charge in [0.05, 0.1) is 18.0 Å². The summed E-state index contributed by atoms with van der Waals surface area (Å²) in [7, 11) is -3.66. The van der Waals surface area contributed by atoms with E-state index in [4.69, 9.17) is 0 Å². The number of amides is 1. The molecule has 2 atom stereocenters. The molecule has 1 amide bonds. The van der Waals surface area contributed by atoms with Gasteiger partial charge in [-0.1, -0.05) is 24.3 Å². The zero-order chi connectivity index (χ0) is 19.5. The van der Waals surface area contributed by atoms with Crippen LogP contribution in [0.3, 0.4) is 0 Å². The first-order chi connectivity index (χ1) is 12.1. The molecule has 0 aliphatic carbocycles. The molecule has 140 valence electrons. The van der Waals surface area contributed by atoms with E-state index in [0.29, 0.717) is 5.69 Å². The number of carbonyl (C=O) groups is 1. The predicted octanol–water partition coefficient (Wildman–Crippen LogP) is 3.17. The van der Waals surface area contributed by atoms with Gasteiger partial charge in [0.1, 0.15) is 11.9 Å². The number of anilines is 1. The molecular weight excluding hydrogens is 355 g/mol. The molecule has 0 radical (unpaired) electrons. The summed E-state index contributed by atoms with van der Waals surface area (Å²) in [6, 6.07) is 11.4. The molecule has 2 aromatic rings. The lowest BCUT2D eigenvalue weighted by atomic mass is 10.1. The van der Waals surface area contributed by atoms with Crippen molar-refractivity contribution in [3.8, 4) is 0 Å². The van der Waals surface area contributed by atoms with Gasteiger partial charge in [-0.3, -0.25) is 9.10 Å². The van der Waals surface area contributed by atoms with Crippen LogP contribution in [0.4, 0.5) is 10.1 Å². The van der Waals surface area contributed by atoms with Gasteiger partial charge in [0, 0.05) is 0 Å². The molecule has 0 bridgehead atoms. The maximum atomic E-state index is 13.0. The molecule has 0 aromatic heterocycles. The van der Waals surface area contributed by atoms with Gasteiger partial charge in [0.15, 0.2) is 0 Å². The Labute approximate surface area is 153 Å². The van der Waals surface area contributed by atoms with E-state index in [1.165, 1.54) is 19.1 Å². The van der Waals surface area contributed by atoms with E-state index in [9.17, 15) is 17.6 Å². The second-order valence-corrected chi connectivity index (χ2v) is 8.22. The van der Waals surface area contributed by atoms with E-state index in [2.05, 4.69) is 5.32 Å². The summed E-state index contributed by atoms with van der Waals surface area (Å²) in [5, 5.41) is 2.78. The second kappa shape index (κ2) is 7.86. The van der Waals surface area contributed by atoms with Crippen molar-refractivity contribution in [2.75, 3.05) is 10.6 Å². The number of nitrogens with one attached hydrogen (secondary N) is 1. The highest BCUT2D eigenvalue weighted by molar-refractivity contribution is 7.92. The van der Waals surface area contributed by atoms with Crippen molar-refractivity contribution in [1.29, 1.82) is 0 Å². The monoisotopic (exact) mass is 378 g/mol. The third-order valence-electron chi connectivity index (χ3n) is 4.07. The van der Waals surface area contributed by atoms with Crippen LogP contribution >= 0.6 is 0 Å². The van der Waals surface area contributed by atoms with E-state index in [1.807, 2.05) is 13.0 Å². The molecule has 26 heavy (non-hydrogen) atoms. The van der Waals surface area contributed by atoms with Crippen LogP contribution in [0.25, 0.3) is 0 Å². The number of aryl methyl sites for hydroxylation is 1. The summed E-state index contributed by atoms with van der Waals surface area (Å²) in [5.41, 5.74) is 2.06. The standard InChI is InChI=1S/C19H23FN2O3S/c1-13-6-5-7-18(12-13)22(26(4,24)25)15(3)19(23)21-14(2)16-8-10-17(20)11-9-16/h5-12,14-15H,1-4H3,(H,21,23)/t14-,15+/m1/s1. The fourth-order valence-corrected chi connectivity index (χ4v) is 3.91. The fourth-order valence-electron chi connectivity index (χ4n) is 2.74. The Morgan fingerprint density at radius 1 is 1.12 bits per heavy atom. The van der Waals surface area contributed by atoms with Crippen LogP contribution in [0.5, 0.6) is 0 Å². The van der Waals surface area contributed by atoms with Crippen LogP contribution in [0, 0.1) is 12.7 Å². The number of hydrogen-bond acceptors (Lipinski definition) is 3. The molecule has 7 heteroatoms. The summed E-state index contributed by atoms with van der Waals surface area (Å²) >= 11 is 0. The van der Waals surface area contributed by atoms with Crippen LogP contribution in [0.1, 0.15) is 31.0 Å². The Hall–Kier alpha value is -2.41. The van der Waals surface area contributed by atoms with Crippen molar-refractivity contribution < 1.29 is 17.6 Å². The SMILES string of the molecule is Cc1cccc(N([C@@H](C)C(=O)N[C@H](C)c2ccc(F)cc2)S(C)(=O)=O)c1. The van der Waals surface area contributed by atoms with Crippen molar-refractivity contribution >= 4 is 21.6 Å². The third kappa shape index (κ3) is 4.82. The molecule has 2 rings (SSSR count). The average molecular weight is 378 g/mol. The van der Waals surface area contributed by atoms with Gasteiger partial charge in [-0.15, -0.1) is 0 Å². The molecule has 5 nitrogen and oxygen atoms in total. The molecule has 0 saturated carbocycles. The summed E-state index contributed by atoms with van der Waals surface area (Å²) in [5.74, 6) is -0.794. The van der Waals surface area contributed by atoms with E-state index < -0.39 is 22.0 Å². The van der Waals surface area contributed by atoms with Crippen LogP contribution in [0.15, 0.2) is 48.5 Å². The van der Waals surface area contributed by atoms with E-state index in [-0.39, 0.29) is 11.9 Å². The molecule has 0 heterocycles. The van der Waals surface area contributed by atoms with Crippen LogP contribution < -0.4 is 9.62 Å². The molecule has 0 saturated heterocycles. The maximum absolute atomic E-state index is 13.0. The lowest BCUT2D eigenvalue weighted by Gasteiger charge is -2.29. The molecule has 0 fully saturated rings. The van der Waals surface area contributed by atoms with Crippen LogP contribution in [-0.4, -0.2) is 26.6 Å². The second-order valence-electron chi connectivity index (χ2n) is 6.36. The van der Waals surface area contributed by atoms with Gasteiger partial charge in [-0.05, 0) is 56.2 Å². The Bertz CT molecular complexity index is 882. The number of hydrogen-bond donors (Lipinski definition) is 1. The summed E-state index contributed by atoms with van der Waals surface area (Å²) in [4.78, 5) is 12.6. The molecule has 0 aliphatic rings. The van der Waals surface area contributed by atoms with Gasteiger partial charge in [-0.25, -0.2) is 12.8 Å². The van der Waals surface area contributed by atoms with Gasteiger partial charge >= 0.3 is 0 Å². The topological polar surface area (TPSA) is 66.5 Å². The fraction of sp³-hybridized carbons (Fsp3) is 0.316. The minimum Gasteiger partial charge on any atom is -0.348 e. The molecule has 0 unspecified atom stereocenters. The summed E-state index contributed by atoms with van der Waals surface area (Å²) in [6.07, 6.45) is 1.07. The van der Waals surface area contributed by atoms with Gasteiger partial charge < -0.3 is 5.32 Å². The van der Waals surface area contributed by atoms with Crippen molar-refractivity contribution in [3.05, 3.63) is 65.5 Å². The summed E-state index contributed by atoms with van der Waals surface area (Å²) in [6.45, 7) is 5.15. The number of benzene rings is 2. The lowest BCUT2D eigenvalue weighted by Crippen LogP contribution is -2.48. The minimum atomic E-state index is -3.66. The quantitative estimate of drug-likeness (QED) is 0.840. The highest BCUT2D eigenvalue weighted by atomic mass is 32.2. The minimum absolute atomic E-state index is 0.358. The van der Waals surface area contributed by atoms with Gasteiger partial charge in [0.2, 0.25) is 15.9 Å². The highest BCUT2D eigenvalue weighted by Gasteiger charge is 2.29. The smallest absolute Gasteiger partial charge is 0.244 e. The van der Waals surface area contributed by atoms with E-state index >= 15 is 0 Å². The van der Waals surface area contributed by atoms with E-state index in [0.717, 1.165) is 21.7 Å². The molecule has 1 N–H and O–H groups in total. The van der Waals surface area contributed by atoms with Gasteiger partial charge in [0.25, 0.3) is 0 Å². The highest BCUT2D eigenvalue weighted by Crippen LogP contribution is 2.22. The third-order valence-corrected chi connectivity index (χ3v) is 5.32. The molecular formula is C19H23FN2O3S. The normalized spacial score (nSPS) is 13.7. The zero-order valence-electron chi connectivity index (χ0n) is 15.2. The Morgan fingerprint density at radius 3 is 2.27 bits per heavy atom. The first kappa shape index (κ1) is 19.9. The van der Waals surface area contributed by atoms with Crippen molar-refractivity contribution in [3.63, 3.8) is 0 Å². The summed E-state index contributed by atoms with van der Waals surface area (Å²) < 4.78 is 38.7. The average Bonchev–Trinajstić information content (AvgIpc) is 2.54. The van der Waals surface area contributed by atoms with Crippen molar-refractivity contribution in [2.24, 2.45) is 0 Å². The zero-order valence-corrected chi connectivity index (χ0v) is 16.0. The van der Waals surface area contributed by atoms with E-state index in [1.54, 1.807) is 37.3 Å². The van der Waals surface area contributed by atoms with Crippen molar-refractivity contribution in [2.45, 2.75) is 32.9 Å². The number of sulfonamides is 1. The number of nitrogens with zero attached hydrogens (tertiary/aromatic N) is 1. The Morgan fingerprint density at radius 2 is 1.73 bits per heavy atom. The number of carbonyl (C=O) groups excluding carboxylic acids is 1. The largest absolute Gasteiger partial charge is 0.348 e.